The lowest BCUT2D eigenvalue weighted by molar-refractivity contribution is 0.598. The number of nitrogens with zero attached hydrogens (tertiary/aromatic N) is 2. The molecule has 0 aromatic heterocycles. The zero-order valence-electron chi connectivity index (χ0n) is 15.2. The maximum atomic E-state index is 6.17. The molecule has 0 bridgehead atoms. The van der Waals surface area contributed by atoms with Crippen molar-refractivity contribution in [3.63, 3.8) is 0 Å². The Morgan fingerprint density at radius 1 is 1.24 bits per heavy atom. The highest BCUT2D eigenvalue weighted by molar-refractivity contribution is 14.0. The third-order valence-electron chi connectivity index (χ3n) is 4.90. The van der Waals surface area contributed by atoms with E-state index in [1.807, 2.05) is 6.07 Å². The van der Waals surface area contributed by atoms with Crippen molar-refractivity contribution < 1.29 is 0 Å². The van der Waals surface area contributed by atoms with Crippen LogP contribution in [-0.2, 0) is 0 Å². The second kappa shape index (κ2) is 9.86. The van der Waals surface area contributed by atoms with Gasteiger partial charge in [0.05, 0.1) is 0 Å². The molecule has 0 spiro atoms. The first-order valence-corrected chi connectivity index (χ1v) is 9.56. The van der Waals surface area contributed by atoms with E-state index in [0.717, 1.165) is 49.6 Å². The van der Waals surface area contributed by atoms with Gasteiger partial charge in [0.25, 0.3) is 0 Å². The van der Waals surface area contributed by atoms with E-state index in [1.54, 1.807) is 0 Å². The molecule has 0 radical (unpaired) electrons. The summed E-state index contributed by atoms with van der Waals surface area (Å²) < 4.78 is 0. The largest absolute Gasteiger partial charge is 0.371 e. The average Bonchev–Trinajstić information content (AvgIpc) is 3.29. The second-order valence-electron chi connectivity index (χ2n) is 7.08. The van der Waals surface area contributed by atoms with Crippen molar-refractivity contribution in [3.8, 4) is 0 Å². The summed E-state index contributed by atoms with van der Waals surface area (Å²) in [7, 11) is 0. The Bertz CT molecular complexity index is 589. The van der Waals surface area contributed by atoms with Crippen LogP contribution in [0, 0.1) is 18.8 Å². The number of guanidine groups is 1. The molecule has 1 aliphatic heterocycles. The molecule has 25 heavy (non-hydrogen) atoms. The van der Waals surface area contributed by atoms with E-state index in [2.05, 4.69) is 41.5 Å². The molecule has 2 N–H and O–H groups in total. The number of aryl methyl sites for hydroxylation is 1. The van der Waals surface area contributed by atoms with Crippen molar-refractivity contribution in [3.05, 3.63) is 28.8 Å². The van der Waals surface area contributed by atoms with E-state index >= 15 is 0 Å². The van der Waals surface area contributed by atoms with Gasteiger partial charge in [0.1, 0.15) is 0 Å². The summed E-state index contributed by atoms with van der Waals surface area (Å²) in [5.41, 5.74) is 2.57. The van der Waals surface area contributed by atoms with Crippen molar-refractivity contribution in [2.75, 3.05) is 37.6 Å². The molecule has 1 unspecified atom stereocenters. The Labute approximate surface area is 173 Å². The van der Waals surface area contributed by atoms with Gasteiger partial charge >= 0.3 is 0 Å². The third kappa shape index (κ3) is 6.20. The van der Waals surface area contributed by atoms with Crippen LogP contribution in [0.3, 0.4) is 0 Å². The van der Waals surface area contributed by atoms with E-state index < -0.39 is 0 Å². The molecule has 1 heterocycles. The number of rotatable bonds is 6. The van der Waals surface area contributed by atoms with Crippen LogP contribution in [0.5, 0.6) is 0 Å². The summed E-state index contributed by atoms with van der Waals surface area (Å²) in [4.78, 5) is 7.26. The quantitative estimate of drug-likeness (QED) is 0.370. The number of halogens is 2. The summed E-state index contributed by atoms with van der Waals surface area (Å²) in [5.74, 6) is 2.45. The van der Waals surface area contributed by atoms with Crippen LogP contribution in [-0.4, -0.2) is 38.7 Å². The summed E-state index contributed by atoms with van der Waals surface area (Å²) in [6, 6.07) is 6.16. The lowest BCUT2D eigenvalue weighted by Crippen LogP contribution is -2.38. The van der Waals surface area contributed by atoms with Crippen LogP contribution < -0.4 is 15.5 Å². The molecule has 140 valence electrons. The van der Waals surface area contributed by atoms with Gasteiger partial charge < -0.3 is 15.5 Å². The van der Waals surface area contributed by atoms with Crippen molar-refractivity contribution in [2.24, 2.45) is 16.8 Å². The van der Waals surface area contributed by atoms with Crippen LogP contribution in [0.15, 0.2) is 23.2 Å². The molecule has 1 aromatic rings. The fourth-order valence-electron chi connectivity index (χ4n) is 3.25. The van der Waals surface area contributed by atoms with Crippen LogP contribution in [0.2, 0.25) is 5.02 Å². The normalized spacial score (nSPS) is 20.4. The fraction of sp³-hybridized carbons (Fsp3) is 0.632. The topological polar surface area (TPSA) is 39.7 Å². The molecule has 2 aliphatic rings. The van der Waals surface area contributed by atoms with Gasteiger partial charge in [-0.25, -0.2) is 0 Å². The SMILES string of the molecule is CCNC(=NCC1CCN(c2cc(Cl)ccc2C)C1)NCC1CC1.I. The Hall–Kier alpha value is -0.690. The van der Waals surface area contributed by atoms with E-state index in [-0.39, 0.29) is 24.0 Å². The van der Waals surface area contributed by atoms with Gasteiger partial charge in [-0.2, -0.15) is 0 Å². The molecular weight excluding hydrogens is 447 g/mol. The van der Waals surface area contributed by atoms with Gasteiger partial charge in [-0.05, 0) is 62.6 Å². The molecule has 6 heteroatoms. The smallest absolute Gasteiger partial charge is 0.191 e. The van der Waals surface area contributed by atoms with Gasteiger partial charge in [0.15, 0.2) is 5.96 Å². The third-order valence-corrected chi connectivity index (χ3v) is 5.14. The highest BCUT2D eigenvalue weighted by Crippen LogP contribution is 2.29. The molecule has 0 amide bonds. The van der Waals surface area contributed by atoms with Crippen molar-refractivity contribution in [1.82, 2.24) is 10.6 Å². The van der Waals surface area contributed by atoms with Crippen LogP contribution >= 0.6 is 35.6 Å². The monoisotopic (exact) mass is 476 g/mol. The van der Waals surface area contributed by atoms with E-state index in [9.17, 15) is 0 Å². The summed E-state index contributed by atoms with van der Waals surface area (Å²) in [6.07, 6.45) is 3.92. The van der Waals surface area contributed by atoms with E-state index in [4.69, 9.17) is 16.6 Å². The molecule has 2 fully saturated rings. The minimum absolute atomic E-state index is 0. The number of anilines is 1. The average molecular weight is 477 g/mol. The number of nitrogens with one attached hydrogen (secondary N) is 2. The number of aliphatic imine (C=N–C) groups is 1. The van der Waals surface area contributed by atoms with E-state index in [1.165, 1.54) is 30.5 Å². The first-order valence-electron chi connectivity index (χ1n) is 9.19. The van der Waals surface area contributed by atoms with Gasteiger partial charge in [-0.15, -0.1) is 24.0 Å². The maximum Gasteiger partial charge on any atom is 0.191 e. The second-order valence-corrected chi connectivity index (χ2v) is 7.51. The molecule has 1 saturated heterocycles. The predicted octanol–water partition coefficient (Wildman–Crippen LogP) is 4.06. The van der Waals surface area contributed by atoms with Crippen molar-refractivity contribution >= 4 is 47.2 Å². The first-order chi connectivity index (χ1) is 11.7. The minimum atomic E-state index is 0. The van der Waals surface area contributed by atoms with Crippen molar-refractivity contribution in [2.45, 2.75) is 33.1 Å². The number of hydrogen-bond acceptors (Lipinski definition) is 2. The van der Waals surface area contributed by atoms with Gasteiger partial charge in [0, 0.05) is 43.4 Å². The highest BCUT2D eigenvalue weighted by Gasteiger charge is 2.24. The summed E-state index contributed by atoms with van der Waals surface area (Å²) in [6.45, 7) is 9.28. The van der Waals surface area contributed by atoms with Gasteiger partial charge in [0.2, 0.25) is 0 Å². The predicted molar refractivity (Wildman–Crippen MR) is 119 cm³/mol. The zero-order valence-corrected chi connectivity index (χ0v) is 18.3. The van der Waals surface area contributed by atoms with Gasteiger partial charge in [-0.1, -0.05) is 17.7 Å². The molecule has 3 rings (SSSR count). The Morgan fingerprint density at radius 3 is 2.76 bits per heavy atom. The Kier molecular flexibility index (Phi) is 8.13. The lowest BCUT2D eigenvalue weighted by Gasteiger charge is -2.21. The molecule has 4 nitrogen and oxygen atoms in total. The molecule has 1 saturated carbocycles. The van der Waals surface area contributed by atoms with E-state index in [0.29, 0.717) is 5.92 Å². The lowest BCUT2D eigenvalue weighted by atomic mass is 10.1. The summed E-state index contributed by atoms with van der Waals surface area (Å²) >= 11 is 6.17. The molecule has 1 atom stereocenters. The maximum absolute atomic E-state index is 6.17. The molecule has 1 aromatic carbocycles. The molecule has 1 aliphatic carbocycles. The highest BCUT2D eigenvalue weighted by atomic mass is 127. The number of benzene rings is 1. The van der Waals surface area contributed by atoms with Crippen molar-refractivity contribution in [1.29, 1.82) is 0 Å². The minimum Gasteiger partial charge on any atom is -0.371 e. The standard InChI is InChI=1S/C19H29ClN4.HI/c1-3-21-19(22-11-15-5-6-15)23-12-16-8-9-24(13-16)18-10-17(20)7-4-14(18)2;/h4,7,10,15-16H,3,5-6,8-9,11-13H2,1-2H3,(H2,21,22,23);1H. The Balaban J connectivity index is 0.00000225. The first kappa shape index (κ1) is 20.6. The zero-order chi connectivity index (χ0) is 16.9. The summed E-state index contributed by atoms with van der Waals surface area (Å²) in [5, 5.41) is 7.65. The van der Waals surface area contributed by atoms with Crippen LogP contribution in [0.25, 0.3) is 0 Å². The van der Waals surface area contributed by atoms with Gasteiger partial charge in [-0.3, -0.25) is 4.99 Å². The molecular formula is C19H30ClIN4. The fourth-order valence-corrected chi connectivity index (χ4v) is 3.42. The van der Waals surface area contributed by atoms with Crippen LogP contribution in [0.1, 0.15) is 31.7 Å². The Morgan fingerprint density at radius 2 is 2.04 bits per heavy atom. The number of hydrogen-bond donors (Lipinski definition) is 2. The van der Waals surface area contributed by atoms with Crippen LogP contribution in [0.4, 0.5) is 5.69 Å².